The van der Waals surface area contributed by atoms with Gasteiger partial charge in [0.15, 0.2) is 5.75 Å². The van der Waals surface area contributed by atoms with Crippen LogP contribution in [0, 0.1) is 0 Å². The molecule has 10 heteroatoms. The van der Waals surface area contributed by atoms with Gasteiger partial charge in [0.25, 0.3) is 11.8 Å². The number of para-hydroxylation sites is 1. The van der Waals surface area contributed by atoms with E-state index in [2.05, 4.69) is 5.32 Å². The number of hydrogen-bond donors (Lipinski definition) is 3. The fourth-order valence-corrected chi connectivity index (χ4v) is 3.45. The zero-order chi connectivity index (χ0) is 23.3. The third-order valence-corrected chi connectivity index (χ3v) is 5.43. The minimum Gasteiger partial charge on any atom is -0.496 e. The van der Waals surface area contributed by atoms with Crippen molar-refractivity contribution >= 4 is 35.0 Å². The minimum absolute atomic E-state index is 0.00231. The number of halogens is 2. The number of nitrogens with zero attached hydrogens (tertiary/aromatic N) is 1. The van der Waals surface area contributed by atoms with E-state index >= 15 is 0 Å². The van der Waals surface area contributed by atoms with E-state index in [0.29, 0.717) is 21.4 Å². The Morgan fingerprint density at radius 1 is 1.09 bits per heavy atom. The molecule has 0 fully saturated rings. The summed E-state index contributed by atoms with van der Waals surface area (Å²) in [6, 6.07) is 12.2. The standard InChI is InChI=1S/C22H21Cl2N3O5/c1-27-11-15(21(28)26-30)20(32-12-13-7-8-16(23)17(24)9-13)19(27)22(29)25-10-14-5-3-4-6-18(14)31-2/h3-9,11,30H,10,12H2,1-2H3,(H,25,29)(H,26,28). The number of aryl methyl sites for hydroxylation is 1. The van der Waals surface area contributed by atoms with Crippen LogP contribution in [-0.4, -0.2) is 28.7 Å². The predicted octanol–water partition coefficient (Wildman–Crippen LogP) is 3.97. The Kier molecular flexibility index (Phi) is 7.63. The van der Waals surface area contributed by atoms with Gasteiger partial charge in [-0.25, -0.2) is 5.48 Å². The summed E-state index contributed by atoms with van der Waals surface area (Å²) in [4.78, 5) is 25.2. The molecule has 3 aromatic rings. The van der Waals surface area contributed by atoms with Crippen molar-refractivity contribution in [3.63, 3.8) is 0 Å². The first-order valence-corrected chi connectivity index (χ1v) is 10.2. The normalized spacial score (nSPS) is 10.5. The van der Waals surface area contributed by atoms with E-state index in [-0.39, 0.29) is 30.2 Å². The number of rotatable bonds is 8. The van der Waals surface area contributed by atoms with Crippen molar-refractivity contribution in [3.05, 3.63) is 81.1 Å². The van der Waals surface area contributed by atoms with E-state index in [1.165, 1.54) is 10.8 Å². The lowest BCUT2D eigenvalue weighted by molar-refractivity contribution is 0.0702. The number of aromatic nitrogens is 1. The van der Waals surface area contributed by atoms with Crippen LogP contribution < -0.4 is 20.3 Å². The first-order chi connectivity index (χ1) is 15.3. The second kappa shape index (κ2) is 10.4. The van der Waals surface area contributed by atoms with Crippen molar-refractivity contribution in [2.75, 3.05) is 7.11 Å². The largest absolute Gasteiger partial charge is 0.496 e. The molecule has 168 valence electrons. The van der Waals surface area contributed by atoms with Crippen LogP contribution in [0.5, 0.6) is 11.5 Å². The number of hydroxylamine groups is 1. The Labute approximate surface area is 194 Å². The van der Waals surface area contributed by atoms with Crippen LogP contribution in [-0.2, 0) is 20.2 Å². The molecular weight excluding hydrogens is 457 g/mol. The summed E-state index contributed by atoms with van der Waals surface area (Å²) >= 11 is 12.0. The third-order valence-electron chi connectivity index (χ3n) is 4.70. The number of benzene rings is 2. The lowest BCUT2D eigenvalue weighted by atomic mass is 10.2. The first-order valence-electron chi connectivity index (χ1n) is 9.46. The van der Waals surface area contributed by atoms with Gasteiger partial charge in [-0.2, -0.15) is 0 Å². The Balaban J connectivity index is 1.87. The van der Waals surface area contributed by atoms with E-state index < -0.39 is 11.8 Å². The van der Waals surface area contributed by atoms with Crippen LogP contribution in [0.1, 0.15) is 32.0 Å². The van der Waals surface area contributed by atoms with Crippen molar-refractivity contribution in [1.82, 2.24) is 15.4 Å². The maximum Gasteiger partial charge on any atom is 0.279 e. The number of methoxy groups -OCH3 is 1. The van der Waals surface area contributed by atoms with Crippen molar-refractivity contribution in [1.29, 1.82) is 0 Å². The molecule has 0 aliphatic carbocycles. The summed E-state index contributed by atoms with van der Waals surface area (Å²) < 4.78 is 12.6. The zero-order valence-corrected chi connectivity index (χ0v) is 18.8. The van der Waals surface area contributed by atoms with Crippen molar-refractivity contribution in [2.45, 2.75) is 13.2 Å². The van der Waals surface area contributed by atoms with Crippen LogP contribution in [0.25, 0.3) is 0 Å². The molecule has 0 radical (unpaired) electrons. The SMILES string of the molecule is COc1ccccc1CNC(=O)c1c(OCc2ccc(Cl)c(Cl)c2)c(C(=O)NO)cn1C. The Morgan fingerprint density at radius 3 is 2.53 bits per heavy atom. The number of nitrogens with one attached hydrogen (secondary N) is 2. The highest BCUT2D eigenvalue weighted by molar-refractivity contribution is 6.42. The second-order valence-electron chi connectivity index (χ2n) is 6.80. The van der Waals surface area contributed by atoms with Gasteiger partial charge in [0, 0.05) is 25.4 Å². The Bertz CT molecular complexity index is 1150. The molecule has 0 saturated heterocycles. The Morgan fingerprint density at radius 2 is 1.84 bits per heavy atom. The van der Waals surface area contributed by atoms with Gasteiger partial charge >= 0.3 is 0 Å². The second-order valence-corrected chi connectivity index (χ2v) is 7.62. The van der Waals surface area contributed by atoms with Gasteiger partial charge in [-0.1, -0.05) is 47.5 Å². The van der Waals surface area contributed by atoms with E-state index in [0.717, 1.165) is 5.56 Å². The van der Waals surface area contributed by atoms with Gasteiger partial charge in [-0.3, -0.25) is 14.8 Å². The van der Waals surface area contributed by atoms with E-state index in [9.17, 15) is 9.59 Å². The number of carbonyl (C=O) groups is 2. The molecular formula is C22H21Cl2N3O5. The quantitative estimate of drug-likeness (QED) is 0.336. The van der Waals surface area contributed by atoms with E-state index in [1.54, 1.807) is 43.9 Å². The zero-order valence-electron chi connectivity index (χ0n) is 17.3. The molecule has 3 N–H and O–H groups in total. The molecule has 0 atom stereocenters. The molecule has 3 rings (SSSR count). The van der Waals surface area contributed by atoms with Crippen LogP contribution in [0.3, 0.4) is 0 Å². The first kappa shape index (κ1) is 23.5. The van der Waals surface area contributed by atoms with E-state index in [1.807, 2.05) is 18.2 Å². The maximum atomic E-state index is 13.0. The molecule has 0 unspecified atom stereocenters. The maximum absolute atomic E-state index is 13.0. The lowest BCUT2D eigenvalue weighted by Gasteiger charge is -2.13. The fraction of sp³-hybridized carbons (Fsp3) is 0.182. The summed E-state index contributed by atoms with van der Waals surface area (Å²) in [5, 5.41) is 12.7. The van der Waals surface area contributed by atoms with Crippen LogP contribution in [0.4, 0.5) is 0 Å². The number of amides is 2. The number of hydrogen-bond acceptors (Lipinski definition) is 5. The van der Waals surface area contributed by atoms with Crippen molar-refractivity contribution in [2.24, 2.45) is 7.05 Å². The summed E-state index contributed by atoms with van der Waals surface area (Å²) in [5.41, 5.74) is 3.14. The molecule has 32 heavy (non-hydrogen) atoms. The topological polar surface area (TPSA) is 102 Å². The smallest absolute Gasteiger partial charge is 0.279 e. The number of ether oxygens (including phenoxy) is 2. The summed E-state index contributed by atoms with van der Waals surface area (Å²) in [5.74, 6) is -0.633. The van der Waals surface area contributed by atoms with Gasteiger partial charge in [0.1, 0.15) is 23.6 Å². The van der Waals surface area contributed by atoms with Crippen molar-refractivity contribution < 1.29 is 24.3 Å². The Hall–Kier alpha value is -3.20. The summed E-state index contributed by atoms with van der Waals surface area (Å²) in [6.07, 6.45) is 1.40. The highest BCUT2D eigenvalue weighted by atomic mass is 35.5. The molecule has 0 aliphatic rings. The molecule has 2 aromatic carbocycles. The summed E-state index contributed by atoms with van der Waals surface area (Å²) in [6.45, 7) is 0.210. The lowest BCUT2D eigenvalue weighted by Crippen LogP contribution is -2.26. The molecule has 0 saturated carbocycles. The molecule has 0 aliphatic heterocycles. The van der Waals surface area contributed by atoms with Crippen LogP contribution in [0.15, 0.2) is 48.7 Å². The van der Waals surface area contributed by atoms with Crippen molar-refractivity contribution in [3.8, 4) is 11.5 Å². The molecule has 0 bridgehead atoms. The number of carbonyl (C=O) groups excluding carboxylic acids is 2. The van der Waals surface area contributed by atoms with Gasteiger partial charge in [-0.15, -0.1) is 0 Å². The highest BCUT2D eigenvalue weighted by Gasteiger charge is 2.26. The highest BCUT2D eigenvalue weighted by Crippen LogP contribution is 2.29. The minimum atomic E-state index is -0.812. The predicted molar refractivity (Wildman–Crippen MR) is 120 cm³/mol. The van der Waals surface area contributed by atoms with Gasteiger partial charge in [0.2, 0.25) is 0 Å². The molecule has 8 nitrogen and oxygen atoms in total. The van der Waals surface area contributed by atoms with Crippen LogP contribution in [0.2, 0.25) is 10.0 Å². The molecule has 1 aromatic heterocycles. The van der Waals surface area contributed by atoms with Crippen LogP contribution >= 0.6 is 23.2 Å². The average Bonchev–Trinajstić information content (AvgIpc) is 3.13. The van der Waals surface area contributed by atoms with E-state index in [4.69, 9.17) is 37.9 Å². The van der Waals surface area contributed by atoms with Gasteiger partial charge in [0.05, 0.1) is 17.2 Å². The summed E-state index contributed by atoms with van der Waals surface area (Å²) in [7, 11) is 3.14. The van der Waals surface area contributed by atoms with Gasteiger partial charge in [-0.05, 0) is 23.8 Å². The molecule has 0 spiro atoms. The molecule has 2 amide bonds. The third kappa shape index (κ3) is 5.16. The molecule has 1 heterocycles. The fourth-order valence-electron chi connectivity index (χ4n) is 3.13. The average molecular weight is 478 g/mol. The van der Waals surface area contributed by atoms with Gasteiger partial charge < -0.3 is 19.4 Å². The monoisotopic (exact) mass is 477 g/mol.